The van der Waals surface area contributed by atoms with Crippen molar-refractivity contribution in [1.82, 2.24) is 19.9 Å². The minimum atomic E-state index is -0.818. The highest BCUT2D eigenvalue weighted by Crippen LogP contribution is 2.35. The number of hydrogen-bond acceptors (Lipinski definition) is 8. The van der Waals surface area contributed by atoms with Crippen LogP contribution in [-0.4, -0.2) is 39.8 Å². The molecule has 0 unspecified atom stereocenters. The number of ether oxygens (including phenoxy) is 4. The van der Waals surface area contributed by atoms with Crippen molar-refractivity contribution in [2.45, 2.75) is 13.5 Å². The number of nitrogens with zero attached hydrogens (tertiary/aromatic N) is 3. The first-order valence-electron chi connectivity index (χ1n) is 8.91. The van der Waals surface area contributed by atoms with E-state index < -0.39 is 6.16 Å². The number of methoxy groups -OCH3 is 1. The number of nitrogens with one attached hydrogen (secondary N) is 1. The van der Waals surface area contributed by atoms with Crippen molar-refractivity contribution in [3.8, 4) is 17.6 Å². The normalized spacial score (nSPS) is 11.0. The first-order chi connectivity index (χ1) is 14.2. The fraction of sp³-hybridized carbons (Fsp3) is 0.200. The molecule has 0 atom stereocenters. The zero-order valence-corrected chi connectivity index (χ0v) is 15.8. The summed E-state index contributed by atoms with van der Waals surface area (Å²) < 4.78 is 21.2. The fourth-order valence-electron chi connectivity index (χ4n) is 3.02. The lowest BCUT2D eigenvalue weighted by Gasteiger charge is -2.10. The Morgan fingerprint density at radius 3 is 2.72 bits per heavy atom. The van der Waals surface area contributed by atoms with Crippen LogP contribution in [-0.2, 0) is 16.1 Å². The third kappa shape index (κ3) is 3.81. The quantitative estimate of drug-likeness (QED) is 0.489. The van der Waals surface area contributed by atoms with Crippen molar-refractivity contribution < 1.29 is 23.7 Å². The highest BCUT2D eigenvalue weighted by atomic mass is 16.7. The molecule has 3 heterocycles. The molecule has 1 aromatic carbocycles. The van der Waals surface area contributed by atoms with Gasteiger partial charge in [0.25, 0.3) is 0 Å². The zero-order chi connectivity index (χ0) is 20.2. The molecule has 3 aromatic heterocycles. The number of aromatic amines is 1. The molecule has 0 amide bonds. The largest absolute Gasteiger partial charge is 0.515 e. The van der Waals surface area contributed by atoms with Crippen LogP contribution in [0.25, 0.3) is 21.8 Å². The van der Waals surface area contributed by atoms with Crippen molar-refractivity contribution in [1.29, 1.82) is 0 Å². The van der Waals surface area contributed by atoms with E-state index in [0.717, 1.165) is 21.8 Å². The van der Waals surface area contributed by atoms with Gasteiger partial charge >= 0.3 is 12.2 Å². The van der Waals surface area contributed by atoms with E-state index in [-0.39, 0.29) is 25.1 Å². The van der Waals surface area contributed by atoms with E-state index >= 15 is 0 Å². The summed E-state index contributed by atoms with van der Waals surface area (Å²) in [5.74, 6) is 0.703. The second-order valence-corrected chi connectivity index (χ2v) is 6.01. The number of carbonyl (C=O) groups is 1. The third-order valence-electron chi connectivity index (χ3n) is 4.15. The molecule has 0 aliphatic carbocycles. The van der Waals surface area contributed by atoms with Gasteiger partial charge < -0.3 is 23.9 Å². The maximum absolute atomic E-state index is 11.8. The minimum Gasteiger partial charge on any atom is -0.434 e. The van der Waals surface area contributed by atoms with E-state index in [0.29, 0.717) is 11.3 Å². The predicted molar refractivity (Wildman–Crippen MR) is 104 cm³/mol. The molecule has 9 heteroatoms. The number of aromatic nitrogens is 4. The lowest BCUT2D eigenvalue weighted by atomic mass is 10.1. The second-order valence-electron chi connectivity index (χ2n) is 6.01. The standard InChI is InChI=1S/C20H18N4O5/c1-3-27-20(25)29-18-14(11-26-2)17-13-9-12(28-19-21-7-4-8-22-19)5-6-15(13)24-16(17)10-23-18/h4-10,24H,3,11H2,1-2H3. The van der Waals surface area contributed by atoms with Crippen LogP contribution in [0.4, 0.5) is 4.79 Å². The molecule has 0 saturated heterocycles. The fourth-order valence-corrected chi connectivity index (χ4v) is 3.02. The summed E-state index contributed by atoms with van der Waals surface area (Å²) in [5, 5.41) is 1.67. The van der Waals surface area contributed by atoms with Gasteiger partial charge in [0.15, 0.2) is 0 Å². The molecule has 9 nitrogen and oxygen atoms in total. The van der Waals surface area contributed by atoms with Crippen molar-refractivity contribution in [3.05, 3.63) is 48.4 Å². The van der Waals surface area contributed by atoms with Gasteiger partial charge in [-0.15, -0.1) is 0 Å². The Labute approximate surface area is 165 Å². The molecular formula is C20H18N4O5. The molecule has 29 heavy (non-hydrogen) atoms. The van der Waals surface area contributed by atoms with Crippen LogP contribution >= 0.6 is 0 Å². The Kier molecular flexibility index (Phi) is 5.21. The van der Waals surface area contributed by atoms with Crippen LogP contribution < -0.4 is 9.47 Å². The van der Waals surface area contributed by atoms with Crippen LogP contribution in [0.2, 0.25) is 0 Å². The molecule has 4 rings (SSSR count). The van der Waals surface area contributed by atoms with E-state index in [2.05, 4.69) is 19.9 Å². The van der Waals surface area contributed by atoms with Crippen LogP contribution in [0.1, 0.15) is 12.5 Å². The summed E-state index contributed by atoms with van der Waals surface area (Å²) in [6, 6.07) is 7.52. The van der Waals surface area contributed by atoms with Gasteiger partial charge in [0.05, 0.1) is 30.5 Å². The van der Waals surface area contributed by atoms with E-state index in [9.17, 15) is 4.79 Å². The maximum atomic E-state index is 11.8. The molecule has 0 aliphatic heterocycles. The average molecular weight is 394 g/mol. The molecule has 0 fully saturated rings. The van der Waals surface area contributed by atoms with Gasteiger partial charge in [-0.25, -0.2) is 19.7 Å². The Hall–Kier alpha value is -3.72. The maximum Gasteiger partial charge on any atom is 0.515 e. The Bertz CT molecular complexity index is 1160. The van der Waals surface area contributed by atoms with Gasteiger partial charge in [-0.1, -0.05) is 0 Å². The van der Waals surface area contributed by atoms with E-state index in [1.54, 1.807) is 38.7 Å². The molecule has 0 saturated carbocycles. The Balaban J connectivity index is 1.82. The van der Waals surface area contributed by atoms with Gasteiger partial charge in [-0.3, -0.25) is 0 Å². The lowest BCUT2D eigenvalue weighted by Crippen LogP contribution is -2.12. The second kappa shape index (κ2) is 8.11. The SMILES string of the molecule is CCOC(=O)Oc1ncc2[nH]c3ccc(Oc4ncccn4)cc3c2c1COC. The molecule has 0 spiro atoms. The van der Waals surface area contributed by atoms with E-state index in [4.69, 9.17) is 18.9 Å². The van der Waals surface area contributed by atoms with Crippen LogP contribution in [0.5, 0.6) is 17.6 Å². The summed E-state index contributed by atoms with van der Waals surface area (Å²) in [6.07, 6.45) is 3.99. The Morgan fingerprint density at radius 2 is 1.97 bits per heavy atom. The van der Waals surface area contributed by atoms with E-state index in [1.807, 2.05) is 18.2 Å². The van der Waals surface area contributed by atoms with Crippen molar-refractivity contribution >= 4 is 28.0 Å². The number of pyridine rings is 1. The number of carbonyl (C=O) groups excluding carboxylic acids is 1. The van der Waals surface area contributed by atoms with Gasteiger partial charge in [-0.05, 0) is 31.2 Å². The zero-order valence-electron chi connectivity index (χ0n) is 15.8. The van der Waals surface area contributed by atoms with Crippen LogP contribution in [0.3, 0.4) is 0 Å². The highest BCUT2D eigenvalue weighted by Gasteiger charge is 2.19. The third-order valence-corrected chi connectivity index (χ3v) is 4.15. The van der Waals surface area contributed by atoms with Gasteiger partial charge in [0, 0.05) is 35.8 Å². The molecular weight excluding hydrogens is 376 g/mol. The van der Waals surface area contributed by atoms with Crippen molar-refractivity contribution in [2.24, 2.45) is 0 Å². The van der Waals surface area contributed by atoms with Crippen molar-refractivity contribution in [3.63, 3.8) is 0 Å². The molecule has 148 valence electrons. The van der Waals surface area contributed by atoms with Crippen molar-refractivity contribution in [2.75, 3.05) is 13.7 Å². The summed E-state index contributed by atoms with van der Waals surface area (Å²) >= 11 is 0. The first kappa shape index (κ1) is 18.6. The average Bonchev–Trinajstić information content (AvgIpc) is 3.09. The molecule has 0 radical (unpaired) electrons. The number of rotatable bonds is 6. The lowest BCUT2D eigenvalue weighted by molar-refractivity contribution is 0.101. The van der Waals surface area contributed by atoms with Crippen LogP contribution in [0, 0.1) is 0 Å². The predicted octanol–water partition coefficient (Wildman–Crippen LogP) is 3.98. The molecule has 0 aliphatic rings. The number of H-pyrrole nitrogens is 1. The smallest absolute Gasteiger partial charge is 0.434 e. The molecule has 0 bridgehead atoms. The van der Waals surface area contributed by atoms with Gasteiger partial charge in [0.2, 0.25) is 5.88 Å². The topological polar surface area (TPSA) is 108 Å². The number of benzene rings is 1. The minimum absolute atomic E-state index is 0.136. The highest BCUT2D eigenvalue weighted by molar-refractivity contribution is 6.09. The summed E-state index contributed by atoms with van der Waals surface area (Å²) in [4.78, 5) is 27.5. The van der Waals surface area contributed by atoms with E-state index in [1.165, 1.54) is 0 Å². The van der Waals surface area contributed by atoms with Gasteiger partial charge in [-0.2, -0.15) is 0 Å². The summed E-state index contributed by atoms with van der Waals surface area (Å²) in [6.45, 7) is 2.10. The van der Waals surface area contributed by atoms with Crippen LogP contribution in [0.15, 0.2) is 42.9 Å². The summed E-state index contributed by atoms with van der Waals surface area (Å²) in [7, 11) is 1.56. The monoisotopic (exact) mass is 394 g/mol. The molecule has 4 aromatic rings. The van der Waals surface area contributed by atoms with Gasteiger partial charge in [0.1, 0.15) is 5.75 Å². The first-order valence-corrected chi connectivity index (χ1v) is 8.91. The number of hydrogen-bond donors (Lipinski definition) is 1. The molecule has 1 N–H and O–H groups in total. The Morgan fingerprint density at radius 1 is 1.14 bits per heavy atom. The summed E-state index contributed by atoms with van der Waals surface area (Å²) in [5.41, 5.74) is 2.27. The number of fused-ring (bicyclic) bond motifs is 3.